The van der Waals surface area contributed by atoms with Gasteiger partial charge >= 0.3 is 0 Å². The standard InChI is InChI=1S/C17H20INO/c1-3-15(19)10-13-7-8-17(12(2)9-13)20-16-6-4-5-14(18)11-16/h4-9,11,15H,3,10,19H2,1-2H3. The maximum absolute atomic E-state index is 6.00. The van der Waals surface area contributed by atoms with Gasteiger partial charge in [-0.05, 0) is 77.7 Å². The van der Waals surface area contributed by atoms with E-state index in [1.807, 2.05) is 24.3 Å². The van der Waals surface area contributed by atoms with Crippen LogP contribution in [-0.2, 0) is 6.42 Å². The fourth-order valence-electron chi connectivity index (χ4n) is 2.06. The largest absolute Gasteiger partial charge is 0.457 e. The second-order valence-electron chi connectivity index (χ2n) is 5.03. The molecule has 3 heteroatoms. The summed E-state index contributed by atoms with van der Waals surface area (Å²) in [6, 6.07) is 14.6. The number of nitrogens with two attached hydrogens (primary N) is 1. The van der Waals surface area contributed by atoms with Gasteiger partial charge in [0.15, 0.2) is 0 Å². The zero-order chi connectivity index (χ0) is 14.5. The van der Waals surface area contributed by atoms with Crippen LogP contribution in [0.3, 0.4) is 0 Å². The molecular weight excluding hydrogens is 361 g/mol. The molecule has 0 fully saturated rings. The number of hydrogen-bond acceptors (Lipinski definition) is 2. The van der Waals surface area contributed by atoms with Crippen LogP contribution in [-0.4, -0.2) is 6.04 Å². The molecule has 0 amide bonds. The smallest absolute Gasteiger partial charge is 0.130 e. The Morgan fingerprint density at radius 2 is 2.00 bits per heavy atom. The average Bonchev–Trinajstić information content (AvgIpc) is 2.42. The van der Waals surface area contributed by atoms with Gasteiger partial charge in [-0.2, -0.15) is 0 Å². The maximum Gasteiger partial charge on any atom is 0.130 e. The Morgan fingerprint density at radius 1 is 1.20 bits per heavy atom. The molecule has 0 aromatic heterocycles. The zero-order valence-electron chi connectivity index (χ0n) is 11.9. The first-order valence-corrected chi connectivity index (χ1v) is 7.95. The Bertz CT molecular complexity index is 583. The first-order chi connectivity index (χ1) is 9.58. The Morgan fingerprint density at radius 3 is 2.65 bits per heavy atom. The van der Waals surface area contributed by atoms with Crippen LogP contribution in [0.1, 0.15) is 24.5 Å². The topological polar surface area (TPSA) is 35.2 Å². The van der Waals surface area contributed by atoms with Gasteiger partial charge in [0, 0.05) is 9.61 Å². The molecule has 2 N–H and O–H groups in total. The van der Waals surface area contributed by atoms with Crippen molar-refractivity contribution in [2.75, 3.05) is 0 Å². The second-order valence-corrected chi connectivity index (χ2v) is 6.28. The summed E-state index contributed by atoms with van der Waals surface area (Å²) in [5.74, 6) is 1.78. The highest BCUT2D eigenvalue weighted by atomic mass is 127. The molecule has 1 unspecified atom stereocenters. The van der Waals surface area contributed by atoms with E-state index in [1.165, 1.54) is 9.13 Å². The highest BCUT2D eigenvalue weighted by Crippen LogP contribution is 2.27. The van der Waals surface area contributed by atoms with Crippen LogP contribution in [0.15, 0.2) is 42.5 Å². The molecule has 0 spiro atoms. The minimum Gasteiger partial charge on any atom is -0.457 e. The van der Waals surface area contributed by atoms with E-state index in [2.05, 4.69) is 54.6 Å². The van der Waals surface area contributed by atoms with Crippen molar-refractivity contribution in [2.24, 2.45) is 5.73 Å². The second kappa shape index (κ2) is 7.09. The predicted octanol–water partition coefficient (Wildman–Crippen LogP) is 4.67. The lowest BCUT2D eigenvalue weighted by Crippen LogP contribution is -2.21. The van der Waals surface area contributed by atoms with Crippen molar-refractivity contribution in [2.45, 2.75) is 32.7 Å². The third-order valence-electron chi connectivity index (χ3n) is 3.29. The molecule has 0 aliphatic heterocycles. The lowest BCUT2D eigenvalue weighted by Gasteiger charge is -2.13. The van der Waals surface area contributed by atoms with E-state index in [9.17, 15) is 0 Å². The molecule has 2 nitrogen and oxygen atoms in total. The quantitative estimate of drug-likeness (QED) is 0.764. The van der Waals surface area contributed by atoms with Gasteiger partial charge in [-0.25, -0.2) is 0 Å². The highest BCUT2D eigenvalue weighted by Gasteiger charge is 2.06. The van der Waals surface area contributed by atoms with Gasteiger partial charge in [-0.3, -0.25) is 0 Å². The summed E-state index contributed by atoms with van der Waals surface area (Å²) < 4.78 is 7.11. The minimum absolute atomic E-state index is 0.233. The fourth-order valence-corrected chi connectivity index (χ4v) is 2.57. The molecule has 20 heavy (non-hydrogen) atoms. The van der Waals surface area contributed by atoms with Crippen molar-refractivity contribution in [3.05, 3.63) is 57.2 Å². The van der Waals surface area contributed by atoms with Gasteiger partial charge in [-0.1, -0.05) is 25.1 Å². The van der Waals surface area contributed by atoms with Crippen molar-refractivity contribution in [3.63, 3.8) is 0 Å². The molecule has 0 bridgehead atoms. The van der Waals surface area contributed by atoms with E-state index in [0.717, 1.165) is 29.9 Å². The number of rotatable bonds is 5. The van der Waals surface area contributed by atoms with Gasteiger partial charge in [0.1, 0.15) is 11.5 Å². The number of aryl methyl sites for hydroxylation is 1. The lowest BCUT2D eigenvalue weighted by atomic mass is 10.0. The lowest BCUT2D eigenvalue weighted by molar-refractivity contribution is 0.478. The highest BCUT2D eigenvalue weighted by molar-refractivity contribution is 14.1. The Kier molecular flexibility index (Phi) is 5.43. The molecule has 0 radical (unpaired) electrons. The third kappa shape index (κ3) is 4.21. The van der Waals surface area contributed by atoms with Crippen LogP contribution < -0.4 is 10.5 Å². The van der Waals surface area contributed by atoms with E-state index < -0.39 is 0 Å². The molecule has 0 aliphatic carbocycles. The minimum atomic E-state index is 0.233. The van der Waals surface area contributed by atoms with Crippen LogP contribution in [0.5, 0.6) is 11.5 Å². The number of halogens is 1. The monoisotopic (exact) mass is 381 g/mol. The van der Waals surface area contributed by atoms with Gasteiger partial charge in [0.2, 0.25) is 0 Å². The maximum atomic E-state index is 6.00. The average molecular weight is 381 g/mol. The summed E-state index contributed by atoms with van der Waals surface area (Å²) in [7, 11) is 0. The van der Waals surface area contributed by atoms with Gasteiger partial charge < -0.3 is 10.5 Å². The number of benzene rings is 2. The molecule has 106 valence electrons. The summed E-state index contributed by atoms with van der Waals surface area (Å²) in [6.07, 6.45) is 1.92. The van der Waals surface area contributed by atoms with Crippen molar-refractivity contribution in [1.82, 2.24) is 0 Å². The molecule has 2 rings (SSSR count). The van der Waals surface area contributed by atoms with Crippen LogP contribution in [0.4, 0.5) is 0 Å². The van der Waals surface area contributed by atoms with E-state index in [1.54, 1.807) is 0 Å². The molecule has 0 heterocycles. The third-order valence-corrected chi connectivity index (χ3v) is 3.96. The van der Waals surface area contributed by atoms with E-state index in [4.69, 9.17) is 10.5 Å². The van der Waals surface area contributed by atoms with Crippen LogP contribution >= 0.6 is 22.6 Å². The molecule has 1 atom stereocenters. The Labute approximate surface area is 134 Å². The number of hydrogen-bond donors (Lipinski definition) is 1. The summed E-state index contributed by atoms with van der Waals surface area (Å²) in [5.41, 5.74) is 8.41. The van der Waals surface area contributed by atoms with Crippen LogP contribution in [0, 0.1) is 10.5 Å². The van der Waals surface area contributed by atoms with Crippen LogP contribution in [0.25, 0.3) is 0 Å². The summed E-state index contributed by atoms with van der Waals surface area (Å²) >= 11 is 2.29. The molecule has 0 saturated heterocycles. The first kappa shape index (κ1) is 15.3. The molecular formula is C17H20INO. The van der Waals surface area contributed by atoms with E-state index >= 15 is 0 Å². The molecule has 2 aromatic rings. The van der Waals surface area contributed by atoms with Gasteiger partial charge in [-0.15, -0.1) is 0 Å². The molecule has 0 saturated carbocycles. The van der Waals surface area contributed by atoms with Crippen molar-refractivity contribution in [3.8, 4) is 11.5 Å². The summed E-state index contributed by atoms with van der Waals surface area (Å²) in [6.45, 7) is 4.19. The van der Waals surface area contributed by atoms with Gasteiger partial charge in [0.05, 0.1) is 0 Å². The zero-order valence-corrected chi connectivity index (χ0v) is 14.1. The Balaban J connectivity index is 2.13. The number of ether oxygens (including phenoxy) is 1. The SMILES string of the molecule is CCC(N)Cc1ccc(Oc2cccc(I)c2)c(C)c1. The van der Waals surface area contributed by atoms with Crippen molar-refractivity contribution < 1.29 is 4.74 Å². The van der Waals surface area contributed by atoms with Crippen molar-refractivity contribution >= 4 is 22.6 Å². The van der Waals surface area contributed by atoms with Crippen molar-refractivity contribution in [1.29, 1.82) is 0 Å². The first-order valence-electron chi connectivity index (χ1n) is 6.87. The van der Waals surface area contributed by atoms with E-state index in [-0.39, 0.29) is 6.04 Å². The fraction of sp³-hybridized carbons (Fsp3) is 0.294. The predicted molar refractivity (Wildman–Crippen MR) is 92.4 cm³/mol. The normalized spacial score (nSPS) is 12.2. The van der Waals surface area contributed by atoms with Crippen LogP contribution in [0.2, 0.25) is 0 Å². The van der Waals surface area contributed by atoms with Gasteiger partial charge in [0.25, 0.3) is 0 Å². The molecule has 0 aliphatic rings. The van der Waals surface area contributed by atoms with E-state index in [0.29, 0.717) is 0 Å². The summed E-state index contributed by atoms with van der Waals surface area (Å²) in [5, 5.41) is 0. The molecule has 2 aromatic carbocycles. The summed E-state index contributed by atoms with van der Waals surface area (Å²) in [4.78, 5) is 0. The Hall–Kier alpha value is -1.07.